The highest BCUT2D eigenvalue weighted by Crippen LogP contribution is 2.30. The molecule has 1 saturated carbocycles. The molecule has 11 nitrogen and oxygen atoms in total. The molecule has 1 N–H and O–H groups in total. The van der Waals surface area contributed by atoms with E-state index < -0.39 is 42.3 Å². The lowest BCUT2D eigenvalue weighted by molar-refractivity contribution is -0.184. The molecule has 0 amide bonds. The van der Waals surface area contributed by atoms with Crippen molar-refractivity contribution in [2.24, 2.45) is 10.2 Å². The molecule has 1 rings (SSSR count). The molecule has 11 heteroatoms. The van der Waals surface area contributed by atoms with Crippen molar-refractivity contribution in [2.45, 2.75) is 50.7 Å². The average molecular weight is 298 g/mol. The summed E-state index contributed by atoms with van der Waals surface area (Å²) in [5.41, 5.74) is 17.0. The van der Waals surface area contributed by atoms with Gasteiger partial charge < -0.3 is 14.6 Å². The molecular formula is C10H14N6O5. The largest absolute Gasteiger partial charge is 0.458 e. The number of aliphatic hydroxyl groups is 1. The van der Waals surface area contributed by atoms with Crippen LogP contribution in [0.5, 0.6) is 0 Å². The summed E-state index contributed by atoms with van der Waals surface area (Å²) >= 11 is 0. The van der Waals surface area contributed by atoms with Gasteiger partial charge in [-0.05, 0) is 17.5 Å². The molecule has 21 heavy (non-hydrogen) atoms. The number of hydrogen-bond donors (Lipinski definition) is 1. The van der Waals surface area contributed by atoms with Crippen LogP contribution in [-0.4, -0.2) is 47.4 Å². The van der Waals surface area contributed by atoms with E-state index in [1.807, 2.05) is 0 Å². The first kappa shape index (κ1) is 16.6. The maximum Gasteiger partial charge on any atom is 0.303 e. The maximum absolute atomic E-state index is 11.1. The van der Waals surface area contributed by atoms with E-state index in [4.69, 9.17) is 20.5 Å². The summed E-state index contributed by atoms with van der Waals surface area (Å²) in [4.78, 5) is 27.5. The SMILES string of the molecule is CC(=O)O[C@@H]1[C@@H](O)[C@H](N=[N+]=[N-])C[C@H](N=[N+]=[N-])[C@H]1OC(C)=O. The van der Waals surface area contributed by atoms with Gasteiger partial charge in [0.05, 0.1) is 12.1 Å². The Morgan fingerprint density at radius 1 is 1.05 bits per heavy atom. The Hall–Kier alpha value is -2.48. The molecule has 0 unspecified atom stereocenters. The molecule has 0 spiro atoms. The van der Waals surface area contributed by atoms with E-state index in [2.05, 4.69) is 20.1 Å². The Balaban J connectivity index is 3.17. The molecular weight excluding hydrogens is 284 g/mol. The zero-order chi connectivity index (χ0) is 16.0. The van der Waals surface area contributed by atoms with E-state index in [1.165, 1.54) is 0 Å². The van der Waals surface area contributed by atoms with Crippen LogP contribution in [0.2, 0.25) is 0 Å². The molecule has 0 heterocycles. The summed E-state index contributed by atoms with van der Waals surface area (Å²) in [5, 5.41) is 17.0. The quantitative estimate of drug-likeness (QED) is 0.352. The lowest BCUT2D eigenvalue weighted by Crippen LogP contribution is -2.57. The molecule has 0 bridgehead atoms. The summed E-state index contributed by atoms with van der Waals surface area (Å²) in [6.45, 7) is 2.24. The van der Waals surface area contributed by atoms with E-state index in [9.17, 15) is 14.7 Å². The van der Waals surface area contributed by atoms with Crippen LogP contribution in [0.3, 0.4) is 0 Å². The maximum atomic E-state index is 11.1. The number of nitrogens with zero attached hydrogens (tertiary/aromatic N) is 6. The number of ether oxygens (including phenoxy) is 2. The minimum atomic E-state index is -1.38. The average Bonchev–Trinajstić information content (AvgIpc) is 2.38. The third kappa shape index (κ3) is 4.25. The van der Waals surface area contributed by atoms with Gasteiger partial charge in [-0.3, -0.25) is 9.59 Å². The fourth-order valence-corrected chi connectivity index (χ4v) is 2.18. The van der Waals surface area contributed by atoms with Crippen LogP contribution in [0.4, 0.5) is 0 Å². The van der Waals surface area contributed by atoms with E-state index in [0.717, 1.165) is 13.8 Å². The van der Waals surface area contributed by atoms with Gasteiger partial charge in [0.15, 0.2) is 6.10 Å². The lowest BCUT2D eigenvalue weighted by atomic mass is 9.84. The highest BCUT2D eigenvalue weighted by Gasteiger charge is 2.47. The number of aliphatic hydroxyl groups excluding tert-OH is 1. The predicted molar refractivity (Wildman–Crippen MR) is 67.6 cm³/mol. The molecule has 0 radical (unpaired) electrons. The van der Waals surface area contributed by atoms with Crippen LogP contribution in [0.1, 0.15) is 20.3 Å². The first-order chi connectivity index (χ1) is 9.90. The van der Waals surface area contributed by atoms with Crippen molar-refractivity contribution < 1.29 is 24.2 Å². The number of esters is 2. The minimum absolute atomic E-state index is 0.0367. The van der Waals surface area contributed by atoms with E-state index in [0.29, 0.717) is 0 Å². The van der Waals surface area contributed by atoms with E-state index in [1.54, 1.807) is 0 Å². The van der Waals surface area contributed by atoms with Crippen LogP contribution in [0, 0.1) is 0 Å². The smallest absolute Gasteiger partial charge is 0.303 e. The van der Waals surface area contributed by atoms with Crippen molar-refractivity contribution in [3.8, 4) is 0 Å². The van der Waals surface area contributed by atoms with Crippen molar-refractivity contribution in [3.63, 3.8) is 0 Å². The number of carbonyl (C=O) groups excluding carboxylic acids is 2. The Morgan fingerprint density at radius 3 is 2.00 bits per heavy atom. The monoisotopic (exact) mass is 298 g/mol. The molecule has 0 saturated heterocycles. The standard InChI is InChI=1S/C10H14N6O5/c1-4(17)20-9-7(14-16-12)3-6(13-15-11)8(19)10(9)21-5(2)18/h6-10,19H,3H2,1-2H3/t6-,7+,8+,9-,10-/m1/s1. The van der Waals surface area contributed by atoms with Crippen molar-refractivity contribution in [3.05, 3.63) is 20.9 Å². The number of rotatable bonds is 4. The van der Waals surface area contributed by atoms with Crippen molar-refractivity contribution in [1.82, 2.24) is 0 Å². The predicted octanol–water partition coefficient (Wildman–Crippen LogP) is 0.972. The van der Waals surface area contributed by atoms with Crippen LogP contribution in [0.25, 0.3) is 20.9 Å². The van der Waals surface area contributed by atoms with E-state index >= 15 is 0 Å². The first-order valence-electron chi connectivity index (χ1n) is 6.01. The van der Waals surface area contributed by atoms with Gasteiger partial charge in [0, 0.05) is 23.7 Å². The topological polar surface area (TPSA) is 170 Å². The first-order valence-corrected chi connectivity index (χ1v) is 6.01. The zero-order valence-corrected chi connectivity index (χ0v) is 11.4. The molecule has 114 valence electrons. The molecule has 0 aromatic carbocycles. The Morgan fingerprint density at radius 2 is 1.52 bits per heavy atom. The highest BCUT2D eigenvalue weighted by molar-refractivity contribution is 5.67. The van der Waals surface area contributed by atoms with Gasteiger partial charge in [0.1, 0.15) is 12.2 Å². The minimum Gasteiger partial charge on any atom is -0.458 e. The van der Waals surface area contributed by atoms with Crippen LogP contribution < -0.4 is 0 Å². The summed E-state index contributed by atoms with van der Waals surface area (Å²) in [7, 11) is 0. The van der Waals surface area contributed by atoms with Crippen molar-refractivity contribution in [1.29, 1.82) is 0 Å². The van der Waals surface area contributed by atoms with Gasteiger partial charge in [-0.15, -0.1) is 0 Å². The molecule has 1 aliphatic carbocycles. The van der Waals surface area contributed by atoms with Crippen molar-refractivity contribution >= 4 is 11.9 Å². The molecule has 5 atom stereocenters. The van der Waals surface area contributed by atoms with Gasteiger partial charge >= 0.3 is 11.9 Å². The number of carbonyl (C=O) groups is 2. The molecule has 0 aromatic rings. The summed E-state index contributed by atoms with van der Waals surface area (Å²) in [6, 6.07) is -1.90. The van der Waals surface area contributed by atoms with Crippen LogP contribution in [0.15, 0.2) is 10.2 Å². The molecule has 0 aliphatic heterocycles. The van der Waals surface area contributed by atoms with Gasteiger partial charge in [0.2, 0.25) is 0 Å². The second kappa shape index (κ2) is 7.34. The van der Waals surface area contributed by atoms with E-state index in [-0.39, 0.29) is 6.42 Å². The number of hydrogen-bond acceptors (Lipinski definition) is 7. The second-order valence-electron chi connectivity index (χ2n) is 4.42. The van der Waals surface area contributed by atoms with Crippen LogP contribution in [-0.2, 0) is 19.1 Å². The summed E-state index contributed by atoms with van der Waals surface area (Å²) < 4.78 is 9.93. The number of azide groups is 2. The zero-order valence-electron chi connectivity index (χ0n) is 11.4. The lowest BCUT2D eigenvalue weighted by Gasteiger charge is -2.40. The normalized spacial score (nSPS) is 31.3. The second-order valence-corrected chi connectivity index (χ2v) is 4.42. The fourth-order valence-electron chi connectivity index (χ4n) is 2.18. The third-order valence-corrected chi connectivity index (χ3v) is 2.92. The Kier molecular flexibility index (Phi) is 5.79. The molecule has 1 aliphatic rings. The third-order valence-electron chi connectivity index (χ3n) is 2.92. The molecule has 0 aromatic heterocycles. The Labute approximate surface area is 119 Å². The van der Waals surface area contributed by atoms with Gasteiger partial charge in [-0.1, -0.05) is 10.2 Å². The molecule has 1 fully saturated rings. The van der Waals surface area contributed by atoms with Gasteiger partial charge in [-0.25, -0.2) is 0 Å². The van der Waals surface area contributed by atoms with Crippen LogP contribution >= 0.6 is 0 Å². The van der Waals surface area contributed by atoms with Crippen molar-refractivity contribution in [2.75, 3.05) is 0 Å². The summed E-state index contributed by atoms with van der Waals surface area (Å²) in [6.07, 6.45) is -3.85. The highest BCUT2D eigenvalue weighted by atomic mass is 16.6. The van der Waals surface area contributed by atoms with Gasteiger partial charge in [0.25, 0.3) is 0 Å². The summed E-state index contributed by atoms with van der Waals surface area (Å²) in [5.74, 6) is -1.41. The Bertz CT molecular complexity index is 512. The van der Waals surface area contributed by atoms with Gasteiger partial charge in [-0.2, -0.15) is 0 Å². The fraction of sp³-hybridized carbons (Fsp3) is 0.800.